The Morgan fingerprint density at radius 3 is 2.68 bits per heavy atom. The Labute approximate surface area is 111 Å². The third-order valence-electron chi connectivity index (χ3n) is 2.84. The molecular formula is C16H13O3. The van der Waals surface area contributed by atoms with Crippen molar-refractivity contribution in [3.05, 3.63) is 59.7 Å². The molecule has 0 bridgehead atoms. The minimum Gasteiger partial charge on any atom is -0.465 e. The van der Waals surface area contributed by atoms with Crippen molar-refractivity contribution >= 4 is 11.8 Å². The Hall–Kier alpha value is -2.42. The highest BCUT2D eigenvalue weighted by Crippen LogP contribution is 2.25. The highest BCUT2D eigenvalue weighted by atomic mass is 16.5. The number of hydrogen-bond acceptors (Lipinski definition) is 3. The maximum atomic E-state index is 11.6. The van der Waals surface area contributed by atoms with E-state index in [1.165, 1.54) is 14.0 Å². The minimum atomic E-state index is -0.395. The molecule has 0 saturated carbocycles. The van der Waals surface area contributed by atoms with Crippen LogP contribution in [0.3, 0.4) is 0 Å². The number of ether oxygens (including phenoxy) is 1. The van der Waals surface area contributed by atoms with Crippen molar-refractivity contribution in [2.45, 2.75) is 6.92 Å². The first-order chi connectivity index (χ1) is 9.13. The van der Waals surface area contributed by atoms with Gasteiger partial charge in [0.2, 0.25) is 0 Å². The zero-order valence-corrected chi connectivity index (χ0v) is 10.8. The summed E-state index contributed by atoms with van der Waals surface area (Å²) >= 11 is 0. The van der Waals surface area contributed by atoms with Crippen LogP contribution in [0.1, 0.15) is 27.6 Å². The summed E-state index contributed by atoms with van der Waals surface area (Å²) in [6, 6.07) is 15.1. The second kappa shape index (κ2) is 5.48. The molecule has 0 saturated heterocycles. The summed E-state index contributed by atoms with van der Waals surface area (Å²) < 4.78 is 4.69. The van der Waals surface area contributed by atoms with E-state index >= 15 is 0 Å². The van der Waals surface area contributed by atoms with Crippen LogP contribution in [-0.4, -0.2) is 18.9 Å². The molecule has 0 aliphatic carbocycles. The maximum absolute atomic E-state index is 11.6. The fourth-order valence-electron chi connectivity index (χ4n) is 1.90. The predicted octanol–water partition coefficient (Wildman–Crippen LogP) is 3.14. The molecule has 0 heterocycles. The van der Waals surface area contributed by atoms with E-state index in [1.807, 2.05) is 12.1 Å². The zero-order chi connectivity index (χ0) is 13.8. The van der Waals surface area contributed by atoms with Gasteiger partial charge in [0.1, 0.15) is 0 Å². The van der Waals surface area contributed by atoms with Gasteiger partial charge in [0.25, 0.3) is 0 Å². The van der Waals surface area contributed by atoms with E-state index in [2.05, 4.69) is 6.07 Å². The average Bonchev–Trinajstić information content (AvgIpc) is 2.46. The van der Waals surface area contributed by atoms with Crippen LogP contribution in [0.4, 0.5) is 0 Å². The summed E-state index contributed by atoms with van der Waals surface area (Å²) in [5, 5.41) is 0. The smallest absolute Gasteiger partial charge is 0.337 e. The lowest BCUT2D eigenvalue weighted by atomic mass is 9.96. The maximum Gasteiger partial charge on any atom is 0.337 e. The van der Waals surface area contributed by atoms with Crippen LogP contribution in [0.25, 0.3) is 11.1 Å². The van der Waals surface area contributed by atoms with E-state index in [0.717, 1.165) is 11.1 Å². The van der Waals surface area contributed by atoms with Crippen LogP contribution in [0, 0.1) is 6.07 Å². The highest BCUT2D eigenvalue weighted by Gasteiger charge is 2.11. The number of carbonyl (C=O) groups excluding carboxylic acids is 2. The molecule has 95 valence electrons. The molecule has 0 atom stereocenters. The Morgan fingerprint density at radius 1 is 1.21 bits per heavy atom. The first-order valence-electron chi connectivity index (χ1n) is 5.83. The lowest BCUT2D eigenvalue weighted by molar-refractivity contribution is 0.0600. The molecular weight excluding hydrogens is 240 g/mol. The summed E-state index contributed by atoms with van der Waals surface area (Å²) in [6.45, 7) is 1.51. The summed E-state index contributed by atoms with van der Waals surface area (Å²) in [5.41, 5.74) is 2.64. The number of hydrogen-bond donors (Lipinski definition) is 0. The fourth-order valence-corrected chi connectivity index (χ4v) is 1.90. The van der Waals surface area contributed by atoms with Gasteiger partial charge in [-0.15, -0.1) is 0 Å². The van der Waals surface area contributed by atoms with Crippen LogP contribution in [-0.2, 0) is 4.74 Å². The molecule has 0 amide bonds. The quantitative estimate of drug-likeness (QED) is 0.623. The molecule has 0 N–H and O–H groups in total. The van der Waals surface area contributed by atoms with Gasteiger partial charge >= 0.3 is 5.97 Å². The molecule has 0 spiro atoms. The van der Waals surface area contributed by atoms with Crippen molar-refractivity contribution in [3.8, 4) is 11.1 Å². The number of esters is 1. The Balaban J connectivity index is 2.54. The topological polar surface area (TPSA) is 43.4 Å². The summed E-state index contributed by atoms with van der Waals surface area (Å²) in [4.78, 5) is 23.1. The van der Waals surface area contributed by atoms with E-state index in [1.54, 1.807) is 30.3 Å². The van der Waals surface area contributed by atoms with Crippen molar-refractivity contribution in [3.63, 3.8) is 0 Å². The van der Waals surface area contributed by atoms with E-state index < -0.39 is 5.97 Å². The molecule has 2 rings (SSSR count). The zero-order valence-electron chi connectivity index (χ0n) is 10.8. The lowest BCUT2D eigenvalue weighted by Gasteiger charge is -2.08. The first kappa shape index (κ1) is 13.0. The Bertz CT molecular complexity index is 629. The van der Waals surface area contributed by atoms with Crippen molar-refractivity contribution in [2.75, 3.05) is 7.11 Å². The van der Waals surface area contributed by atoms with Crippen molar-refractivity contribution < 1.29 is 14.3 Å². The second-order valence-electron chi connectivity index (χ2n) is 4.10. The summed E-state index contributed by atoms with van der Waals surface area (Å²) in [6.07, 6.45) is 0. The van der Waals surface area contributed by atoms with Gasteiger partial charge in [-0.2, -0.15) is 0 Å². The van der Waals surface area contributed by atoms with E-state index in [-0.39, 0.29) is 5.78 Å². The molecule has 2 aromatic carbocycles. The summed E-state index contributed by atoms with van der Waals surface area (Å²) in [7, 11) is 1.34. The average molecular weight is 253 g/mol. The SMILES string of the molecule is COC(=O)c1cccc(-c2cc[c]cc2C(C)=O)c1. The summed E-state index contributed by atoms with van der Waals surface area (Å²) in [5.74, 6) is -0.427. The molecule has 2 aromatic rings. The number of Topliss-reactive ketones (excluding diaryl/α,β-unsaturated/α-hetero) is 1. The molecule has 0 aliphatic heterocycles. The van der Waals surface area contributed by atoms with Gasteiger partial charge in [-0.05, 0) is 42.3 Å². The van der Waals surface area contributed by atoms with Gasteiger partial charge in [0.05, 0.1) is 12.7 Å². The van der Waals surface area contributed by atoms with Crippen LogP contribution in [0.5, 0.6) is 0 Å². The number of methoxy groups -OCH3 is 1. The number of rotatable bonds is 3. The lowest BCUT2D eigenvalue weighted by Crippen LogP contribution is -2.01. The monoisotopic (exact) mass is 253 g/mol. The van der Waals surface area contributed by atoms with Gasteiger partial charge < -0.3 is 4.74 Å². The number of ketones is 1. The van der Waals surface area contributed by atoms with Crippen molar-refractivity contribution in [1.82, 2.24) is 0 Å². The minimum absolute atomic E-state index is 0.0321. The van der Waals surface area contributed by atoms with Gasteiger partial charge in [-0.25, -0.2) is 4.79 Å². The Kier molecular flexibility index (Phi) is 3.76. The van der Waals surface area contributed by atoms with Gasteiger partial charge in [0.15, 0.2) is 5.78 Å². The van der Waals surface area contributed by atoms with E-state index in [4.69, 9.17) is 4.74 Å². The van der Waals surface area contributed by atoms with E-state index in [0.29, 0.717) is 11.1 Å². The number of carbonyl (C=O) groups is 2. The van der Waals surface area contributed by atoms with Gasteiger partial charge in [-0.1, -0.05) is 24.3 Å². The van der Waals surface area contributed by atoms with Crippen LogP contribution in [0.15, 0.2) is 42.5 Å². The molecule has 1 radical (unpaired) electrons. The molecule has 3 nitrogen and oxygen atoms in total. The van der Waals surface area contributed by atoms with E-state index in [9.17, 15) is 9.59 Å². The third kappa shape index (κ3) is 2.71. The standard InChI is InChI=1S/C16H13O3/c1-11(17)14-8-3-4-9-15(14)12-6-5-7-13(10-12)16(18)19-2/h4-10H,1-2H3. The van der Waals surface area contributed by atoms with Crippen LogP contribution >= 0.6 is 0 Å². The molecule has 19 heavy (non-hydrogen) atoms. The number of benzene rings is 2. The normalized spacial score (nSPS) is 10.0. The largest absolute Gasteiger partial charge is 0.465 e. The van der Waals surface area contributed by atoms with Crippen LogP contribution in [0.2, 0.25) is 0 Å². The van der Waals surface area contributed by atoms with Crippen molar-refractivity contribution in [2.24, 2.45) is 0 Å². The van der Waals surface area contributed by atoms with Gasteiger partial charge in [0, 0.05) is 5.56 Å². The van der Waals surface area contributed by atoms with Crippen LogP contribution < -0.4 is 0 Å². The van der Waals surface area contributed by atoms with Crippen molar-refractivity contribution in [1.29, 1.82) is 0 Å². The molecule has 0 unspecified atom stereocenters. The van der Waals surface area contributed by atoms with Gasteiger partial charge in [-0.3, -0.25) is 4.79 Å². The predicted molar refractivity (Wildman–Crippen MR) is 72.1 cm³/mol. The molecule has 0 fully saturated rings. The second-order valence-corrected chi connectivity index (χ2v) is 4.10. The first-order valence-corrected chi connectivity index (χ1v) is 5.83. The molecule has 3 heteroatoms. The Morgan fingerprint density at radius 2 is 2.00 bits per heavy atom. The highest BCUT2D eigenvalue weighted by molar-refractivity contribution is 6.01. The molecule has 0 aromatic heterocycles. The fraction of sp³-hybridized carbons (Fsp3) is 0.125. The molecule has 0 aliphatic rings. The third-order valence-corrected chi connectivity index (χ3v) is 2.84.